The molecule has 2 aliphatic heterocycles. The minimum absolute atomic E-state index is 0. The Morgan fingerprint density at radius 1 is 1.29 bits per heavy atom. The molecule has 114 valence electrons. The van der Waals surface area contributed by atoms with Crippen molar-refractivity contribution in [1.82, 2.24) is 19.8 Å². The summed E-state index contributed by atoms with van der Waals surface area (Å²) in [5, 5.41) is 3.52. The summed E-state index contributed by atoms with van der Waals surface area (Å²) in [6.45, 7) is 5.81. The third-order valence-corrected chi connectivity index (χ3v) is 5.09. The van der Waals surface area contributed by atoms with Crippen LogP contribution in [0, 0.1) is 5.41 Å². The van der Waals surface area contributed by atoms with Gasteiger partial charge >= 0.3 is 0 Å². The molecule has 1 N–H and O–H groups in total. The number of fused-ring (bicyclic) bond motifs is 1. The van der Waals surface area contributed by atoms with E-state index in [0.717, 1.165) is 12.1 Å². The summed E-state index contributed by atoms with van der Waals surface area (Å²) in [5.74, 6) is 1.19. The van der Waals surface area contributed by atoms with Crippen molar-refractivity contribution in [2.75, 3.05) is 26.2 Å². The van der Waals surface area contributed by atoms with E-state index in [2.05, 4.69) is 46.1 Å². The zero-order chi connectivity index (χ0) is 13.6. The van der Waals surface area contributed by atoms with Crippen molar-refractivity contribution in [3.63, 3.8) is 0 Å². The Morgan fingerprint density at radius 2 is 2.14 bits per heavy atom. The maximum absolute atomic E-state index is 4.80. The lowest BCUT2D eigenvalue weighted by atomic mass is 9.87. The number of aromatic nitrogens is 2. The number of likely N-dealkylation sites (tertiary alicyclic amines) is 1. The predicted molar refractivity (Wildman–Crippen MR) is 87.8 cm³/mol. The topological polar surface area (TPSA) is 33.1 Å². The Labute approximate surface area is 131 Å². The summed E-state index contributed by atoms with van der Waals surface area (Å²) < 4.78 is 2.24. The molecule has 0 amide bonds. The van der Waals surface area contributed by atoms with Crippen LogP contribution in [0.2, 0.25) is 0 Å². The molecule has 5 heteroatoms. The molecule has 0 bridgehead atoms. The zero-order valence-corrected chi connectivity index (χ0v) is 13.3. The second kappa shape index (κ2) is 5.59. The van der Waals surface area contributed by atoms with Crippen LogP contribution in [0.3, 0.4) is 0 Å². The lowest BCUT2D eigenvalue weighted by Gasteiger charge is -2.22. The molecule has 4 rings (SSSR count). The van der Waals surface area contributed by atoms with Crippen molar-refractivity contribution in [2.45, 2.75) is 19.4 Å². The van der Waals surface area contributed by atoms with E-state index in [0.29, 0.717) is 5.41 Å². The van der Waals surface area contributed by atoms with Crippen LogP contribution in [-0.2, 0) is 13.6 Å². The lowest BCUT2D eigenvalue weighted by Crippen LogP contribution is -2.29. The average Bonchev–Trinajstić information content (AvgIpc) is 3.15. The number of nitrogens with one attached hydrogen (secondary N) is 1. The fraction of sp³-hybridized carbons (Fsp3) is 0.562. The molecule has 0 aliphatic carbocycles. The normalized spacial score (nSPS) is 25.8. The van der Waals surface area contributed by atoms with Gasteiger partial charge in [0.2, 0.25) is 0 Å². The molecule has 2 aromatic rings. The first kappa shape index (κ1) is 14.8. The summed E-state index contributed by atoms with van der Waals surface area (Å²) in [4.78, 5) is 7.37. The van der Waals surface area contributed by atoms with Gasteiger partial charge in [0.1, 0.15) is 5.82 Å². The van der Waals surface area contributed by atoms with E-state index in [1.807, 2.05) is 0 Å². The molecule has 1 aromatic carbocycles. The highest BCUT2D eigenvalue weighted by atomic mass is 35.5. The fourth-order valence-electron chi connectivity index (χ4n) is 3.84. The molecule has 1 spiro atoms. The molecule has 4 nitrogen and oxygen atoms in total. The van der Waals surface area contributed by atoms with Crippen LogP contribution in [0.15, 0.2) is 24.3 Å². The number of para-hydroxylation sites is 2. The smallest absolute Gasteiger partial charge is 0.123 e. The lowest BCUT2D eigenvalue weighted by molar-refractivity contribution is 0.262. The Bertz CT molecular complexity index is 630. The van der Waals surface area contributed by atoms with Crippen molar-refractivity contribution < 1.29 is 0 Å². The third kappa shape index (κ3) is 2.56. The summed E-state index contributed by atoms with van der Waals surface area (Å²) in [7, 11) is 2.13. The Morgan fingerprint density at radius 3 is 2.90 bits per heavy atom. The molecule has 0 saturated carbocycles. The van der Waals surface area contributed by atoms with Gasteiger partial charge in [0.25, 0.3) is 0 Å². The number of benzene rings is 1. The van der Waals surface area contributed by atoms with E-state index in [4.69, 9.17) is 4.98 Å². The van der Waals surface area contributed by atoms with E-state index >= 15 is 0 Å². The zero-order valence-electron chi connectivity index (χ0n) is 12.5. The van der Waals surface area contributed by atoms with Crippen LogP contribution in [0.25, 0.3) is 11.0 Å². The number of hydrogen-bond acceptors (Lipinski definition) is 3. The first-order chi connectivity index (χ1) is 9.76. The van der Waals surface area contributed by atoms with E-state index in [-0.39, 0.29) is 12.4 Å². The first-order valence-corrected chi connectivity index (χ1v) is 7.59. The van der Waals surface area contributed by atoms with Gasteiger partial charge in [-0.25, -0.2) is 4.98 Å². The van der Waals surface area contributed by atoms with Crippen LogP contribution in [-0.4, -0.2) is 40.6 Å². The highest BCUT2D eigenvalue weighted by molar-refractivity contribution is 5.85. The van der Waals surface area contributed by atoms with Crippen molar-refractivity contribution in [2.24, 2.45) is 12.5 Å². The molecule has 1 unspecified atom stereocenters. The van der Waals surface area contributed by atoms with Crippen LogP contribution in [0.1, 0.15) is 18.7 Å². The van der Waals surface area contributed by atoms with Crippen LogP contribution in [0.5, 0.6) is 0 Å². The Balaban J connectivity index is 0.00000132. The average molecular weight is 307 g/mol. The molecule has 1 atom stereocenters. The highest BCUT2D eigenvalue weighted by Gasteiger charge is 2.40. The van der Waals surface area contributed by atoms with Crippen molar-refractivity contribution in [1.29, 1.82) is 0 Å². The van der Waals surface area contributed by atoms with Gasteiger partial charge < -0.3 is 9.88 Å². The molecule has 1 aromatic heterocycles. The van der Waals surface area contributed by atoms with Gasteiger partial charge in [0, 0.05) is 20.1 Å². The number of aryl methyl sites for hydroxylation is 1. The Kier molecular flexibility index (Phi) is 3.95. The predicted octanol–water partition coefficient (Wildman–Crippen LogP) is 2.18. The summed E-state index contributed by atoms with van der Waals surface area (Å²) in [5.41, 5.74) is 2.89. The highest BCUT2D eigenvalue weighted by Crippen LogP contribution is 2.36. The van der Waals surface area contributed by atoms with Gasteiger partial charge in [0.05, 0.1) is 17.6 Å². The Hall–Kier alpha value is -1.10. The quantitative estimate of drug-likeness (QED) is 0.923. The third-order valence-electron chi connectivity index (χ3n) is 5.09. The molecule has 2 fully saturated rings. The van der Waals surface area contributed by atoms with Gasteiger partial charge in [-0.15, -0.1) is 12.4 Å². The minimum Gasteiger partial charge on any atom is -0.330 e. The summed E-state index contributed by atoms with van der Waals surface area (Å²) in [6.07, 6.45) is 2.68. The van der Waals surface area contributed by atoms with Crippen LogP contribution >= 0.6 is 12.4 Å². The molecule has 0 radical (unpaired) electrons. The molecule has 2 saturated heterocycles. The largest absolute Gasteiger partial charge is 0.330 e. The van der Waals surface area contributed by atoms with E-state index in [1.165, 1.54) is 50.4 Å². The second-order valence-electron chi connectivity index (χ2n) is 6.46. The van der Waals surface area contributed by atoms with Crippen molar-refractivity contribution in [3.05, 3.63) is 30.1 Å². The maximum atomic E-state index is 4.80. The molecule has 2 aliphatic rings. The molecular formula is C16H23ClN4. The monoisotopic (exact) mass is 306 g/mol. The minimum atomic E-state index is 0. The second-order valence-corrected chi connectivity index (χ2v) is 6.46. The van der Waals surface area contributed by atoms with Gasteiger partial charge in [-0.05, 0) is 43.5 Å². The van der Waals surface area contributed by atoms with Crippen molar-refractivity contribution in [3.8, 4) is 0 Å². The number of nitrogens with zero attached hydrogens (tertiary/aromatic N) is 3. The number of rotatable bonds is 2. The van der Waals surface area contributed by atoms with Gasteiger partial charge in [0.15, 0.2) is 0 Å². The van der Waals surface area contributed by atoms with Gasteiger partial charge in [-0.3, -0.25) is 4.90 Å². The van der Waals surface area contributed by atoms with Crippen molar-refractivity contribution >= 4 is 23.4 Å². The van der Waals surface area contributed by atoms with Gasteiger partial charge in [-0.2, -0.15) is 0 Å². The maximum Gasteiger partial charge on any atom is 0.123 e. The molecular weight excluding hydrogens is 284 g/mol. The molecule has 21 heavy (non-hydrogen) atoms. The first-order valence-electron chi connectivity index (χ1n) is 7.59. The van der Waals surface area contributed by atoms with E-state index in [1.54, 1.807) is 0 Å². The number of halogens is 1. The van der Waals surface area contributed by atoms with E-state index in [9.17, 15) is 0 Å². The summed E-state index contributed by atoms with van der Waals surface area (Å²) in [6, 6.07) is 8.40. The fourth-order valence-corrected chi connectivity index (χ4v) is 3.84. The molecule has 3 heterocycles. The number of imidazole rings is 1. The van der Waals surface area contributed by atoms with Crippen LogP contribution in [0.4, 0.5) is 0 Å². The SMILES string of the molecule is Cl.Cn1c(CN2CCC3(CCNC3)C2)nc2ccccc21. The number of hydrogen-bond donors (Lipinski definition) is 1. The van der Waals surface area contributed by atoms with Gasteiger partial charge in [-0.1, -0.05) is 12.1 Å². The summed E-state index contributed by atoms with van der Waals surface area (Å²) >= 11 is 0. The van der Waals surface area contributed by atoms with Crippen LogP contribution < -0.4 is 5.32 Å². The standard InChI is InChI=1S/C16H22N4.ClH/c1-19-14-5-3-2-4-13(14)18-15(19)10-20-9-7-16(12-20)6-8-17-11-16;/h2-5,17H,6-12H2,1H3;1H. The van der Waals surface area contributed by atoms with E-state index < -0.39 is 0 Å².